The van der Waals surface area contributed by atoms with E-state index in [9.17, 15) is 14.9 Å². The van der Waals surface area contributed by atoms with Crippen molar-refractivity contribution in [2.75, 3.05) is 7.05 Å². The highest BCUT2D eigenvalue weighted by atomic mass is 16.6. The molecule has 0 radical (unpaired) electrons. The van der Waals surface area contributed by atoms with Crippen molar-refractivity contribution >= 4 is 11.7 Å². The summed E-state index contributed by atoms with van der Waals surface area (Å²) in [5, 5.41) is 10.8. The quantitative estimate of drug-likeness (QED) is 0.301. The van der Waals surface area contributed by atoms with E-state index in [1.54, 1.807) is 24.3 Å². The van der Waals surface area contributed by atoms with E-state index in [0.717, 1.165) is 0 Å². The van der Waals surface area contributed by atoms with Crippen LogP contribution in [0.15, 0.2) is 29.3 Å². The van der Waals surface area contributed by atoms with Crippen molar-refractivity contribution in [1.29, 1.82) is 0 Å². The maximum Gasteiger partial charge on any atom is 0.393 e. The fourth-order valence-corrected chi connectivity index (χ4v) is 1.62. The molecule has 1 atom stereocenters. The number of carbonyl (C=O) groups excluding carboxylic acids is 1. The number of ether oxygens (including phenoxy) is 1. The molecule has 2 rings (SSSR count). The van der Waals surface area contributed by atoms with Crippen LogP contribution in [0.2, 0.25) is 0 Å². The molecule has 6 heteroatoms. The molecule has 0 N–H and O–H groups in total. The van der Waals surface area contributed by atoms with Gasteiger partial charge in [0.25, 0.3) is 0 Å². The Labute approximate surface area is 90.7 Å². The highest BCUT2D eigenvalue weighted by molar-refractivity contribution is 6.18. The predicted molar refractivity (Wildman–Crippen MR) is 55.3 cm³/mol. The highest BCUT2D eigenvalue weighted by Gasteiger charge is 2.43. The smallest absolute Gasteiger partial charge is 0.393 e. The van der Waals surface area contributed by atoms with Crippen molar-refractivity contribution in [2.45, 2.75) is 6.04 Å². The molecule has 6 nitrogen and oxygen atoms in total. The predicted octanol–water partition coefficient (Wildman–Crippen LogP) is 0.670. The van der Waals surface area contributed by atoms with E-state index in [1.165, 1.54) is 7.05 Å². The Kier molecular flexibility index (Phi) is 2.40. The Morgan fingerprint density at radius 2 is 2.12 bits per heavy atom. The van der Waals surface area contributed by atoms with Gasteiger partial charge in [-0.25, -0.2) is 4.79 Å². The van der Waals surface area contributed by atoms with Gasteiger partial charge in [0.2, 0.25) is 0 Å². The molecule has 0 aromatic heterocycles. The van der Waals surface area contributed by atoms with Gasteiger partial charge in [-0.05, 0) is 12.1 Å². The molecule has 82 valence electrons. The Bertz CT molecular complexity index is 495. The third-order valence-corrected chi connectivity index (χ3v) is 2.31. The van der Waals surface area contributed by atoms with Gasteiger partial charge in [-0.2, -0.15) is 0 Å². The van der Waals surface area contributed by atoms with Crippen LogP contribution in [0.3, 0.4) is 0 Å². The molecule has 1 aliphatic heterocycles. The van der Waals surface area contributed by atoms with Crippen LogP contribution in [-0.4, -0.2) is 29.7 Å². The van der Waals surface area contributed by atoms with Crippen LogP contribution in [0.1, 0.15) is 5.56 Å². The number of nitrogens with zero attached hydrogens (tertiary/aromatic N) is 2. The van der Waals surface area contributed by atoms with Gasteiger partial charge in [-0.3, -0.25) is 15.1 Å². The number of esters is 1. The topological polar surface area (TPSA) is 81.8 Å². The molecule has 0 fully saturated rings. The van der Waals surface area contributed by atoms with Gasteiger partial charge in [0.1, 0.15) is 11.5 Å². The number of aliphatic imine (C=N–C) groups is 1. The molecule has 0 bridgehead atoms. The second-order valence-corrected chi connectivity index (χ2v) is 3.21. The lowest BCUT2D eigenvalue weighted by Gasteiger charge is -2.19. The van der Waals surface area contributed by atoms with Gasteiger partial charge < -0.3 is 4.74 Å². The highest BCUT2D eigenvalue weighted by Crippen LogP contribution is 2.26. The third kappa shape index (κ3) is 1.44. The van der Waals surface area contributed by atoms with Gasteiger partial charge >= 0.3 is 12.0 Å². The van der Waals surface area contributed by atoms with Crippen LogP contribution >= 0.6 is 0 Å². The molecule has 1 unspecified atom stereocenters. The van der Waals surface area contributed by atoms with Crippen molar-refractivity contribution in [2.24, 2.45) is 4.99 Å². The fraction of sp³-hybridized carbons (Fsp3) is 0.200. The third-order valence-electron chi connectivity index (χ3n) is 2.31. The molecule has 0 saturated heterocycles. The second kappa shape index (κ2) is 3.73. The zero-order chi connectivity index (χ0) is 11.7. The number of fused-ring (bicyclic) bond motifs is 1. The van der Waals surface area contributed by atoms with Gasteiger partial charge in [-0.1, -0.05) is 12.1 Å². The zero-order valence-corrected chi connectivity index (χ0v) is 8.41. The van der Waals surface area contributed by atoms with Crippen LogP contribution < -0.4 is 4.74 Å². The van der Waals surface area contributed by atoms with E-state index in [2.05, 4.69) is 4.99 Å². The summed E-state index contributed by atoms with van der Waals surface area (Å²) in [6.45, 7) is 0. The van der Waals surface area contributed by atoms with Crippen LogP contribution in [-0.2, 0) is 4.79 Å². The maximum absolute atomic E-state index is 11.4. The van der Waals surface area contributed by atoms with Crippen molar-refractivity contribution in [1.82, 2.24) is 0 Å². The van der Waals surface area contributed by atoms with Gasteiger partial charge in [-0.15, -0.1) is 0 Å². The van der Waals surface area contributed by atoms with Gasteiger partial charge in [0.05, 0.1) is 0 Å². The van der Waals surface area contributed by atoms with Crippen molar-refractivity contribution in [3.63, 3.8) is 0 Å². The standard InChI is InChI=1S/C10H8N2O4/c1-11-8-6-4-2-3-5-7(6)16-10(13)9(8)12(14)15/h2-5,9H,1H3. The molecule has 0 amide bonds. The average Bonchev–Trinajstić information content (AvgIpc) is 2.26. The maximum atomic E-state index is 11.4. The lowest BCUT2D eigenvalue weighted by atomic mass is 10.00. The summed E-state index contributed by atoms with van der Waals surface area (Å²) in [4.78, 5) is 25.3. The molecule has 1 aromatic rings. The summed E-state index contributed by atoms with van der Waals surface area (Å²) in [7, 11) is 1.42. The van der Waals surface area contributed by atoms with Gasteiger partial charge in [0, 0.05) is 17.5 Å². The number of carbonyl (C=O) groups is 1. The van der Waals surface area contributed by atoms with Crippen molar-refractivity contribution in [3.05, 3.63) is 39.9 Å². The van der Waals surface area contributed by atoms with Crippen LogP contribution in [0.25, 0.3) is 0 Å². The van der Waals surface area contributed by atoms with E-state index in [1.807, 2.05) is 0 Å². The molecular formula is C10H8N2O4. The first kappa shape index (κ1) is 10.3. The molecule has 1 aliphatic rings. The van der Waals surface area contributed by atoms with E-state index in [4.69, 9.17) is 4.74 Å². The molecule has 0 saturated carbocycles. The first-order chi connectivity index (χ1) is 7.65. The van der Waals surface area contributed by atoms with E-state index in [-0.39, 0.29) is 5.71 Å². The minimum Gasteiger partial charge on any atom is -0.420 e. The molecule has 0 aliphatic carbocycles. The van der Waals surface area contributed by atoms with Crippen molar-refractivity contribution < 1.29 is 14.5 Å². The Morgan fingerprint density at radius 3 is 2.75 bits per heavy atom. The monoisotopic (exact) mass is 220 g/mol. The summed E-state index contributed by atoms with van der Waals surface area (Å²) < 4.78 is 4.88. The minimum atomic E-state index is -1.53. The van der Waals surface area contributed by atoms with Crippen molar-refractivity contribution in [3.8, 4) is 5.75 Å². The summed E-state index contributed by atoms with van der Waals surface area (Å²) in [6, 6.07) is 5.08. The number of nitro groups is 1. The lowest BCUT2D eigenvalue weighted by molar-refractivity contribution is -0.491. The summed E-state index contributed by atoms with van der Waals surface area (Å²) in [5.74, 6) is -0.587. The number of hydrogen-bond acceptors (Lipinski definition) is 5. The minimum absolute atomic E-state index is 0.136. The Balaban J connectivity index is 2.59. The largest absolute Gasteiger partial charge is 0.420 e. The van der Waals surface area contributed by atoms with E-state index >= 15 is 0 Å². The van der Waals surface area contributed by atoms with E-state index < -0.39 is 16.9 Å². The molecular weight excluding hydrogens is 212 g/mol. The fourth-order valence-electron chi connectivity index (χ4n) is 1.62. The summed E-state index contributed by atoms with van der Waals surface area (Å²) in [6.07, 6.45) is 0. The Morgan fingerprint density at radius 1 is 1.44 bits per heavy atom. The number of para-hydroxylation sites is 1. The SMILES string of the molecule is CN=C1c2ccccc2OC(=O)C1[N+](=O)[O-]. The van der Waals surface area contributed by atoms with Gasteiger partial charge in [0.15, 0.2) is 0 Å². The molecule has 1 heterocycles. The first-order valence-corrected chi connectivity index (χ1v) is 4.56. The Hall–Kier alpha value is -2.24. The molecule has 1 aromatic carbocycles. The average molecular weight is 220 g/mol. The first-order valence-electron chi connectivity index (χ1n) is 4.56. The van der Waals surface area contributed by atoms with E-state index in [0.29, 0.717) is 11.3 Å². The number of hydrogen-bond donors (Lipinski definition) is 0. The molecule has 0 spiro atoms. The lowest BCUT2D eigenvalue weighted by Crippen LogP contribution is -2.44. The number of rotatable bonds is 1. The summed E-state index contributed by atoms with van der Waals surface area (Å²) in [5.41, 5.74) is 0.628. The second-order valence-electron chi connectivity index (χ2n) is 3.21. The normalized spacial score (nSPS) is 21.4. The van der Waals surface area contributed by atoms with Crippen LogP contribution in [0.4, 0.5) is 0 Å². The van der Waals surface area contributed by atoms with Crippen LogP contribution in [0, 0.1) is 10.1 Å². The molecule has 16 heavy (non-hydrogen) atoms. The number of benzene rings is 1. The summed E-state index contributed by atoms with van der Waals surface area (Å²) >= 11 is 0. The van der Waals surface area contributed by atoms with Crippen LogP contribution in [0.5, 0.6) is 5.75 Å². The zero-order valence-electron chi connectivity index (χ0n) is 8.41.